The summed E-state index contributed by atoms with van der Waals surface area (Å²) in [5.41, 5.74) is 1.31. The van der Waals surface area contributed by atoms with Crippen LogP contribution in [-0.4, -0.2) is 24.7 Å². The van der Waals surface area contributed by atoms with Gasteiger partial charge in [-0.1, -0.05) is 30.3 Å². The Morgan fingerprint density at radius 3 is 2.82 bits per heavy atom. The molecule has 92 valence electrons. The third-order valence-electron chi connectivity index (χ3n) is 3.14. The molecule has 2 rings (SSSR count). The normalized spacial score (nSPS) is 23.6. The zero-order chi connectivity index (χ0) is 12.1. The van der Waals surface area contributed by atoms with Gasteiger partial charge in [-0.15, -0.1) is 0 Å². The van der Waals surface area contributed by atoms with Crippen molar-refractivity contribution in [3.05, 3.63) is 35.9 Å². The number of carbonyl (C=O) groups is 1. The van der Waals surface area contributed by atoms with E-state index in [1.54, 1.807) is 0 Å². The summed E-state index contributed by atoms with van der Waals surface area (Å²) in [5, 5.41) is 3.35. The van der Waals surface area contributed by atoms with Crippen LogP contribution in [0.4, 0.5) is 0 Å². The number of rotatable bonds is 4. The summed E-state index contributed by atoms with van der Waals surface area (Å²) in [7, 11) is 0. The number of hydrogen-bond acceptors (Lipinski definition) is 3. The van der Waals surface area contributed by atoms with Gasteiger partial charge in [-0.3, -0.25) is 4.79 Å². The minimum Gasteiger partial charge on any atom is -0.465 e. The third kappa shape index (κ3) is 3.30. The SMILES string of the molecule is CCOC(=O)C1CCC(Cc2ccccc2)N1. The molecule has 0 saturated carbocycles. The maximum absolute atomic E-state index is 11.6. The topological polar surface area (TPSA) is 38.3 Å². The summed E-state index contributed by atoms with van der Waals surface area (Å²) in [6.07, 6.45) is 2.91. The van der Waals surface area contributed by atoms with Gasteiger partial charge in [0.2, 0.25) is 0 Å². The molecule has 1 aliphatic heterocycles. The molecular weight excluding hydrogens is 214 g/mol. The Balaban J connectivity index is 1.84. The number of ether oxygens (including phenoxy) is 1. The van der Waals surface area contributed by atoms with Crippen molar-refractivity contribution in [1.29, 1.82) is 0 Å². The molecule has 0 spiro atoms. The zero-order valence-electron chi connectivity index (χ0n) is 10.2. The molecule has 0 radical (unpaired) electrons. The van der Waals surface area contributed by atoms with E-state index in [-0.39, 0.29) is 12.0 Å². The predicted octanol–water partition coefficient (Wildman–Crippen LogP) is 1.91. The summed E-state index contributed by atoms with van der Waals surface area (Å²) in [6.45, 7) is 2.30. The molecule has 1 aliphatic rings. The van der Waals surface area contributed by atoms with Gasteiger partial charge in [-0.25, -0.2) is 0 Å². The monoisotopic (exact) mass is 233 g/mol. The molecule has 2 unspecified atom stereocenters. The van der Waals surface area contributed by atoms with Crippen LogP contribution in [-0.2, 0) is 16.0 Å². The van der Waals surface area contributed by atoms with Crippen LogP contribution in [0, 0.1) is 0 Å². The average molecular weight is 233 g/mol. The fraction of sp³-hybridized carbons (Fsp3) is 0.500. The Kier molecular flexibility index (Phi) is 4.15. The fourth-order valence-corrected chi connectivity index (χ4v) is 2.31. The highest BCUT2D eigenvalue weighted by Gasteiger charge is 2.29. The van der Waals surface area contributed by atoms with Gasteiger partial charge in [0, 0.05) is 6.04 Å². The smallest absolute Gasteiger partial charge is 0.323 e. The van der Waals surface area contributed by atoms with Gasteiger partial charge in [0.15, 0.2) is 0 Å². The van der Waals surface area contributed by atoms with E-state index in [2.05, 4.69) is 17.4 Å². The summed E-state index contributed by atoms with van der Waals surface area (Å²) in [6, 6.07) is 10.7. The number of carbonyl (C=O) groups excluding carboxylic acids is 1. The van der Waals surface area contributed by atoms with Crippen LogP contribution in [0.3, 0.4) is 0 Å². The molecule has 1 fully saturated rings. The highest BCUT2D eigenvalue weighted by molar-refractivity contribution is 5.76. The highest BCUT2D eigenvalue weighted by Crippen LogP contribution is 2.17. The van der Waals surface area contributed by atoms with Crippen LogP contribution >= 0.6 is 0 Å². The molecule has 0 aromatic heterocycles. The maximum atomic E-state index is 11.6. The van der Waals surface area contributed by atoms with Crippen molar-refractivity contribution < 1.29 is 9.53 Å². The summed E-state index contributed by atoms with van der Waals surface area (Å²) in [4.78, 5) is 11.6. The van der Waals surface area contributed by atoms with E-state index >= 15 is 0 Å². The standard InChI is InChI=1S/C14H19NO2/c1-2-17-14(16)13-9-8-12(15-13)10-11-6-4-3-5-7-11/h3-7,12-13,15H,2,8-10H2,1H3. The quantitative estimate of drug-likeness (QED) is 0.807. The highest BCUT2D eigenvalue weighted by atomic mass is 16.5. The van der Waals surface area contributed by atoms with E-state index < -0.39 is 0 Å². The molecular formula is C14H19NO2. The molecule has 0 bridgehead atoms. The second-order valence-corrected chi connectivity index (χ2v) is 4.44. The molecule has 0 amide bonds. The number of benzene rings is 1. The van der Waals surface area contributed by atoms with Crippen LogP contribution in [0.5, 0.6) is 0 Å². The molecule has 3 heteroatoms. The van der Waals surface area contributed by atoms with Crippen molar-refractivity contribution in [3.63, 3.8) is 0 Å². The van der Waals surface area contributed by atoms with Crippen LogP contribution in [0.15, 0.2) is 30.3 Å². The largest absolute Gasteiger partial charge is 0.465 e. The molecule has 1 aromatic carbocycles. The fourth-order valence-electron chi connectivity index (χ4n) is 2.31. The van der Waals surface area contributed by atoms with Gasteiger partial charge in [0.05, 0.1) is 6.61 Å². The van der Waals surface area contributed by atoms with E-state index in [4.69, 9.17) is 4.74 Å². The molecule has 2 atom stereocenters. The van der Waals surface area contributed by atoms with Gasteiger partial charge < -0.3 is 10.1 Å². The van der Waals surface area contributed by atoms with E-state index in [1.165, 1.54) is 5.56 Å². The van der Waals surface area contributed by atoms with Gasteiger partial charge >= 0.3 is 5.97 Å². The molecule has 0 aliphatic carbocycles. The van der Waals surface area contributed by atoms with Gasteiger partial charge in [0.1, 0.15) is 6.04 Å². The van der Waals surface area contributed by atoms with Crippen molar-refractivity contribution >= 4 is 5.97 Å². The second kappa shape index (κ2) is 5.82. The van der Waals surface area contributed by atoms with Crippen LogP contribution in [0.25, 0.3) is 0 Å². The van der Waals surface area contributed by atoms with E-state index in [0.717, 1.165) is 19.3 Å². The van der Waals surface area contributed by atoms with E-state index in [1.807, 2.05) is 25.1 Å². The van der Waals surface area contributed by atoms with Crippen LogP contribution in [0.2, 0.25) is 0 Å². The predicted molar refractivity (Wildman–Crippen MR) is 66.7 cm³/mol. The minimum absolute atomic E-state index is 0.108. The molecule has 17 heavy (non-hydrogen) atoms. The molecule has 1 heterocycles. The van der Waals surface area contributed by atoms with Crippen molar-refractivity contribution in [2.45, 2.75) is 38.3 Å². The molecule has 1 aromatic rings. The molecule has 3 nitrogen and oxygen atoms in total. The Morgan fingerprint density at radius 2 is 2.12 bits per heavy atom. The first-order valence-electron chi connectivity index (χ1n) is 6.26. The van der Waals surface area contributed by atoms with E-state index in [0.29, 0.717) is 12.6 Å². The first-order chi connectivity index (χ1) is 8.29. The van der Waals surface area contributed by atoms with Crippen molar-refractivity contribution in [2.24, 2.45) is 0 Å². The Labute approximate surface area is 102 Å². The Hall–Kier alpha value is -1.35. The lowest BCUT2D eigenvalue weighted by Gasteiger charge is -2.13. The summed E-state index contributed by atoms with van der Waals surface area (Å²) >= 11 is 0. The first kappa shape index (κ1) is 12.1. The summed E-state index contributed by atoms with van der Waals surface area (Å²) in [5.74, 6) is -0.108. The minimum atomic E-state index is -0.108. The average Bonchev–Trinajstić information content (AvgIpc) is 2.79. The maximum Gasteiger partial charge on any atom is 0.323 e. The van der Waals surface area contributed by atoms with Crippen LogP contribution in [0.1, 0.15) is 25.3 Å². The van der Waals surface area contributed by atoms with Crippen molar-refractivity contribution in [2.75, 3.05) is 6.61 Å². The lowest BCUT2D eigenvalue weighted by Crippen LogP contribution is -2.37. The molecule has 1 saturated heterocycles. The Morgan fingerprint density at radius 1 is 1.35 bits per heavy atom. The lowest BCUT2D eigenvalue weighted by molar-refractivity contribution is -0.145. The summed E-state index contributed by atoms with van der Waals surface area (Å²) < 4.78 is 5.02. The van der Waals surface area contributed by atoms with Gasteiger partial charge in [-0.2, -0.15) is 0 Å². The first-order valence-corrected chi connectivity index (χ1v) is 6.26. The van der Waals surface area contributed by atoms with Gasteiger partial charge in [0.25, 0.3) is 0 Å². The zero-order valence-corrected chi connectivity index (χ0v) is 10.2. The Bertz CT molecular complexity index is 364. The van der Waals surface area contributed by atoms with E-state index in [9.17, 15) is 4.79 Å². The van der Waals surface area contributed by atoms with Gasteiger partial charge in [-0.05, 0) is 31.7 Å². The second-order valence-electron chi connectivity index (χ2n) is 4.44. The van der Waals surface area contributed by atoms with Crippen molar-refractivity contribution in [1.82, 2.24) is 5.32 Å². The lowest BCUT2D eigenvalue weighted by atomic mass is 10.0. The number of esters is 1. The number of nitrogens with one attached hydrogen (secondary N) is 1. The third-order valence-corrected chi connectivity index (χ3v) is 3.14. The van der Waals surface area contributed by atoms with Crippen LogP contribution < -0.4 is 5.32 Å². The van der Waals surface area contributed by atoms with Crippen molar-refractivity contribution in [3.8, 4) is 0 Å². The molecule has 1 N–H and O–H groups in total. The number of hydrogen-bond donors (Lipinski definition) is 1.